The van der Waals surface area contributed by atoms with Crippen molar-refractivity contribution in [2.45, 2.75) is 58.9 Å². The van der Waals surface area contributed by atoms with Crippen LogP contribution in [0.3, 0.4) is 0 Å². The number of hydrogen-bond acceptors (Lipinski definition) is 3. The Labute approximate surface area is 149 Å². The number of aryl methyl sites for hydroxylation is 2. The van der Waals surface area contributed by atoms with Crippen molar-refractivity contribution in [1.82, 2.24) is 9.78 Å². The van der Waals surface area contributed by atoms with Crippen molar-refractivity contribution in [2.24, 2.45) is 0 Å². The predicted octanol–water partition coefficient (Wildman–Crippen LogP) is 4.25. The second-order valence-corrected chi connectivity index (χ2v) is 6.65. The number of hydrogen-bond donors (Lipinski definition) is 1. The van der Waals surface area contributed by atoms with Crippen LogP contribution < -0.4 is 10.1 Å². The van der Waals surface area contributed by atoms with E-state index in [4.69, 9.17) is 4.74 Å². The zero-order chi connectivity index (χ0) is 17.8. The van der Waals surface area contributed by atoms with E-state index in [1.54, 1.807) is 0 Å². The van der Waals surface area contributed by atoms with Crippen LogP contribution in [-0.4, -0.2) is 22.3 Å². The smallest absolute Gasteiger partial charge is 0.226 e. The summed E-state index contributed by atoms with van der Waals surface area (Å²) in [4.78, 5) is 12.2. The first-order valence-corrected chi connectivity index (χ1v) is 9.24. The largest absolute Gasteiger partial charge is 0.494 e. The van der Waals surface area contributed by atoms with E-state index in [0.717, 1.165) is 60.8 Å². The number of carbonyl (C=O) groups is 1. The normalized spacial score (nSPS) is 16.4. The van der Waals surface area contributed by atoms with E-state index in [1.165, 1.54) is 0 Å². The van der Waals surface area contributed by atoms with Crippen molar-refractivity contribution in [3.63, 3.8) is 0 Å². The number of fused-ring (bicyclic) bond motifs is 1. The van der Waals surface area contributed by atoms with Gasteiger partial charge >= 0.3 is 0 Å². The maximum absolute atomic E-state index is 12.2. The van der Waals surface area contributed by atoms with Crippen LogP contribution in [0.25, 0.3) is 0 Å². The fraction of sp³-hybridized carbons (Fsp3) is 0.500. The molecule has 1 aliphatic heterocycles. The van der Waals surface area contributed by atoms with Gasteiger partial charge in [0.25, 0.3) is 0 Å². The van der Waals surface area contributed by atoms with Gasteiger partial charge in [-0.25, -0.2) is 4.68 Å². The Morgan fingerprint density at radius 1 is 1.24 bits per heavy atom. The number of nitrogens with zero attached hydrogens (tertiary/aromatic N) is 2. The van der Waals surface area contributed by atoms with Crippen molar-refractivity contribution in [3.05, 3.63) is 41.1 Å². The van der Waals surface area contributed by atoms with Crippen molar-refractivity contribution in [3.8, 4) is 5.75 Å². The van der Waals surface area contributed by atoms with Crippen molar-refractivity contribution < 1.29 is 9.53 Å². The molecule has 0 bridgehead atoms. The molecular formula is C20H27N3O2. The average molecular weight is 341 g/mol. The minimum atomic E-state index is 0.0537. The number of nitrogens with one attached hydrogen (secondary N) is 1. The molecule has 2 heterocycles. The Morgan fingerprint density at radius 2 is 2.00 bits per heavy atom. The third kappa shape index (κ3) is 3.70. The Kier molecular flexibility index (Phi) is 5.41. The van der Waals surface area contributed by atoms with E-state index in [9.17, 15) is 4.79 Å². The first-order chi connectivity index (χ1) is 12.1. The van der Waals surface area contributed by atoms with Gasteiger partial charge in [0.2, 0.25) is 5.91 Å². The third-order valence-corrected chi connectivity index (χ3v) is 4.65. The fourth-order valence-electron chi connectivity index (χ4n) is 3.40. The fourth-order valence-corrected chi connectivity index (χ4v) is 3.40. The molecule has 1 aliphatic rings. The van der Waals surface area contributed by atoms with Crippen LogP contribution >= 0.6 is 0 Å². The van der Waals surface area contributed by atoms with Gasteiger partial charge < -0.3 is 10.1 Å². The van der Waals surface area contributed by atoms with Crippen molar-refractivity contribution in [1.29, 1.82) is 0 Å². The monoisotopic (exact) mass is 341 g/mol. The van der Waals surface area contributed by atoms with E-state index in [1.807, 2.05) is 23.7 Å². The Balaban J connectivity index is 1.87. The lowest BCUT2D eigenvalue weighted by molar-refractivity contribution is -0.116. The maximum Gasteiger partial charge on any atom is 0.226 e. The van der Waals surface area contributed by atoms with Gasteiger partial charge in [0, 0.05) is 24.4 Å². The first-order valence-electron chi connectivity index (χ1n) is 9.24. The Bertz CT molecular complexity index is 734. The summed E-state index contributed by atoms with van der Waals surface area (Å²) in [5, 5.41) is 7.65. The second-order valence-electron chi connectivity index (χ2n) is 6.65. The minimum Gasteiger partial charge on any atom is -0.494 e. The Morgan fingerprint density at radius 3 is 2.68 bits per heavy atom. The lowest BCUT2D eigenvalue weighted by Gasteiger charge is -2.24. The van der Waals surface area contributed by atoms with E-state index in [0.29, 0.717) is 6.42 Å². The quantitative estimate of drug-likeness (QED) is 0.766. The van der Waals surface area contributed by atoms with Gasteiger partial charge in [-0.2, -0.15) is 5.10 Å². The van der Waals surface area contributed by atoms with Gasteiger partial charge in [-0.05, 0) is 37.5 Å². The zero-order valence-electron chi connectivity index (χ0n) is 15.3. The number of aromatic nitrogens is 2. The molecule has 0 aliphatic carbocycles. The summed E-state index contributed by atoms with van der Waals surface area (Å²) < 4.78 is 7.67. The molecule has 5 nitrogen and oxygen atoms in total. The summed E-state index contributed by atoms with van der Waals surface area (Å²) >= 11 is 0. The van der Waals surface area contributed by atoms with E-state index < -0.39 is 0 Å². The van der Waals surface area contributed by atoms with Gasteiger partial charge in [-0.3, -0.25) is 4.79 Å². The van der Waals surface area contributed by atoms with Crippen molar-refractivity contribution in [2.75, 3.05) is 11.9 Å². The van der Waals surface area contributed by atoms with Gasteiger partial charge in [0.05, 0.1) is 12.3 Å². The van der Waals surface area contributed by atoms with E-state index in [-0.39, 0.29) is 11.8 Å². The van der Waals surface area contributed by atoms with Crippen LogP contribution in [0.5, 0.6) is 5.75 Å². The molecule has 25 heavy (non-hydrogen) atoms. The number of carbonyl (C=O) groups excluding carboxylic acids is 1. The van der Waals surface area contributed by atoms with Crippen LogP contribution in [0.1, 0.15) is 62.3 Å². The molecular weight excluding hydrogens is 314 g/mol. The topological polar surface area (TPSA) is 56.1 Å². The molecule has 0 spiro atoms. The summed E-state index contributed by atoms with van der Waals surface area (Å²) in [6, 6.07) is 8.15. The third-order valence-electron chi connectivity index (χ3n) is 4.65. The highest BCUT2D eigenvalue weighted by Gasteiger charge is 2.31. The molecule has 1 aromatic carbocycles. The maximum atomic E-state index is 12.2. The zero-order valence-corrected chi connectivity index (χ0v) is 15.3. The molecule has 5 heteroatoms. The molecule has 1 N–H and O–H groups in total. The molecule has 1 atom stereocenters. The molecule has 3 rings (SSSR count). The van der Waals surface area contributed by atoms with Crippen LogP contribution in [0, 0.1) is 6.92 Å². The molecule has 0 saturated heterocycles. The highest BCUT2D eigenvalue weighted by atomic mass is 16.5. The van der Waals surface area contributed by atoms with E-state index >= 15 is 0 Å². The minimum absolute atomic E-state index is 0.0537. The molecule has 0 radical (unpaired) electrons. The number of unbranched alkanes of at least 4 members (excludes halogenated alkanes) is 1. The van der Waals surface area contributed by atoms with Crippen LogP contribution in [0.2, 0.25) is 0 Å². The molecule has 1 aromatic heterocycles. The van der Waals surface area contributed by atoms with Gasteiger partial charge in [0.15, 0.2) is 0 Å². The lowest BCUT2D eigenvalue weighted by Crippen LogP contribution is -2.25. The van der Waals surface area contributed by atoms with Crippen molar-refractivity contribution >= 4 is 11.7 Å². The summed E-state index contributed by atoms with van der Waals surface area (Å²) in [5.41, 5.74) is 3.28. The highest BCUT2D eigenvalue weighted by molar-refractivity contribution is 5.94. The summed E-state index contributed by atoms with van der Waals surface area (Å²) in [7, 11) is 0. The van der Waals surface area contributed by atoms with Gasteiger partial charge in [0.1, 0.15) is 11.6 Å². The number of ether oxygens (including phenoxy) is 1. The molecule has 0 saturated carbocycles. The molecule has 1 unspecified atom stereocenters. The summed E-state index contributed by atoms with van der Waals surface area (Å²) in [6.07, 6.45) is 3.63. The van der Waals surface area contributed by atoms with E-state index in [2.05, 4.69) is 36.4 Å². The Hall–Kier alpha value is -2.30. The molecule has 0 fully saturated rings. The van der Waals surface area contributed by atoms with Crippen LogP contribution in [-0.2, 0) is 11.3 Å². The summed E-state index contributed by atoms with van der Waals surface area (Å²) in [5.74, 6) is 1.86. The van der Waals surface area contributed by atoms with Crippen LogP contribution in [0.15, 0.2) is 24.3 Å². The molecule has 134 valence electrons. The first kappa shape index (κ1) is 17.5. The van der Waals surface area contributed by atoms with Gasteiger partial charge in [-0.15, -0.1) is 0 Å². The SMILES string of the molecule is CCCCOc1ccc(C2CC(=O)Nc3c2c(C)nn3CCC)cc1. The lowest BCUT2D eigenvalue weighted by atomic mass is 9.86. The highest BCUT2D eigenvalue weighted by Crippen LogP contribution is 2.39. The molecule has 2 aromatic rings. The average Bonchev–Trinajstić information content (AvgIpc) is 2.91. The second kappa shape index (κ2) is 7.72. The summed E-state index contributed by atoms with van der Waals surface area (Å²) in [6.45, 7) is 7.85. The number of rotatable bonds is 7. The predicted molar refractivity (Wildman–Crippen MR) is 99.2 cm³/mol. The number of anilines is 1. The standard InChI is InChI=1S/C20H27N3O2/c1-4-6-12-25-16-9-7-15(8-10-16)17-13-18(24)21-20-19(17)14(3)22-23(20)11-5-2/h7-10,17H,4-6,11-13H2,1-3H3,(H,21,24). The van der Waals surface area contributed by atoms with Gasteiger partial charge in [-0.1, -0.05) is 32.4 Å². The number of benzene rings is 1. The molecule has 1 amide bonds. The van der Waals surface area contributed by atoms with Crippen LogP contribution in [0.4, 0.5) is 5.82 Å². The number of amides is 1.